The molecule has 0 saturated carbocycles. The lowest BCUT2D eigenvalue weighted by molar-refractivity contribution is -0.141. The lowest BCUT2D eigenvalue weighted by atomic mass is 10.0. The quantitative estimate of drug-likeness (QED) is 0.632. The Balaban J connectivity index is 2.11. The minimum atomic E-state index is -3.77. The Morgan fingerprint density at radius 1 is 1.19 bits per heavy atom. The summed E-state index contributed by atoms with van der Waals surface area (Å²) < 4.78 is 27.3. The Morgan fingerprint density at radius 3 is 2.54 bits per heavy atom. The number of aliphatic carboxylic acids is 1. The van der Waals surface area contributed by atoms with E-state index in [-0.39, 0.29) is 17.0 Å². The first kappa shape index (κ1) is 20.1. The second-order valence-corrected chi connectivity index (χ2v) is 8.62. The largest absolute Gasteiger partial charge is 0.481 e. The summed E-state index contributed by atoms with van der Waals surface area (Å²) in [5, 5.41) is 13.4. The second-order valence-electron chi connectivity index (χ2n) is 5.82. The van der Waals surface area contributed by atoms with Crippen molar-refractivity contribution in [1.82, 2.24) is 10.0 Å². The minimum Gasteiger partial charge on any atom is -0.481 e. The van der Waals surface area contributed by atoms with E-state index in [1.165, 1.54) is 42.5 Å². The molecule has 3 N–H and O–H groups in total. The monoisotopic (exact) mass is 396 g/mol. The van der Waals surface area contributed by atoms with Crippen LogP contribution in [-0.2, 0) is 21.4 Å². The van der Waals surface area contributed by atoms with Gasteiger partial charge in [-0.25, -0.2) is 13.1 Å². The zero-order valence-electron chi connectivity index (χ0n) is 14.3. The van der Waals surface area contributed by atoms with E-state index in [1.807, 2.05) is 17.5 Å². The average Bonchev–Trinajstić information content (AvgIpc) is 3.13. The molecule has 1 amide bonds. The minimum absolute atomic E-state index is 0.0272. The summed E-state index contributed by atoms with van der Waals surface area (Å²) >= 11 is 1.44. The number of carboxylic acids is 1. The van der Waals surface area contributed by atoms with Crippen LogP contribution >= 0.6 is 11.3 Å². The fourth-order valence-electron chi connectivity index (χ4n) is 2.10. The van der Waals surface area contributed by atoms with Crippen molar-refractivity contribution in [3.63, 3.8) is 0 Å². The number of carbonyl (C=O) groups is 2. The van der Waals surface area contributed by atoms with E-state index in [9.17, 15) is 18.0 Å². The van der Waals surface area contributed by atoms with E-state index >= 15 is 0 Å². The van der Waals surface area contributed by atoms with Gasteiger partial charge in [-0.05, 0) is 43.5 Å². The van der Waals surface area contributed by atoms with Crippen molar-refractivity contribution in [2.24, 2.45) is 5.92 Å². The summed E-state index contributed by atoms with van der Waals surface area (Å²) in [6.07, 6.45) is 0. The Kier molecular flexibility index (Phi) is 6.52. The third-order valence-electron chi connectivity index (χ3n) is 3.92. The van der Waals surface area contributed by atoms with Crippen LogP contribution in [-0.4, -0.2) is 31.4 Å². The SMILES string of the molecule is CC(NC(=O)c1cccc(S(=O)(=O)NCc2cccs2)c1)C(C)C(=O)O. The van der Waals surface area contributed by atoms with E-state index in [1.54, 1.807) is 6.92 Å². The molecule has 9 heteroatoms. The van der Waals surface area contributed by atoms with Crippen LogP contribution in [0.4, 0.5) is 0 Å². The van der Waals surface area contributed by atoms with Gasteiger partial charge in [-0.1, -0.05) is 12.1 Å². The summed E-state index contributed by atoms with van der Waals surface area (Å²) in [4.78, 5) is 24.1. The Labute approximate surface area is 156 Å². The number of amides is 1. The van der Waals surface area contributed by atoms with Gasteiger partial charge in [-0.3, -0.25) is 9.59 Å². The predicted molar refractivity (Wildman–Crippen MR) is 98.5 cm³/mol. The van der Waals surface area contributed by atoms with Crippen molar-refractivity contribution in [2.75, 3.05) is 0 Å². The molecule has 0 aliphatic heterocycles. The zero-order valence-corrected chi connectivity index (χ0v) is 15.9. The van der Waals surface area contributed by atoms with Gasteiger partial charge >= 0.3 is 5.97 Å². The van der Waals surface area contributed by atoms with Gasteiger partial charge in [0, 0.05) is 23.0 Å². The third-order valence-corrected chi connectivity index (χ3v) is 6.20. The number of hydrogen-bond acceptors (Lipinski definition) is 5. The lowest BCUT2D eigenvalue weighted by Gasteiger charge is -2.18. The molecule has 2 aromatic rings. The molecule has 1 heterocycles. The summed E-state index contributed by atoms with van der Waals surface area (Å²) in [5.41, 5.74) is 0.147. The van der Waals surface area contributed by atoms with Crippen molar-refractivity contribution in [3.05, 3.63) is 52.2 Å². The van der Waals surface area contributed by atoms with Crippen molar-refractivity contribution in [2.45, 2.75) is 31.3 Å². The predicted octanol–water partition coefficient (Wildman–Crippen LogP) is 2.07. The number of carboxylic acid groups (broad SMARTS) is 1. The highest BCUT2D eigenvalue weighted by atomic mass is 32.2. The Morgan fingerprint density at radius 2 is 1.92 bits per heavy atom. The number of benzene rings is 1. The molecule has 1 aromatic carbocycles. The third kappa shape index (κ3) is 5.13. The van der Waals surface area contributed by atoms with Gasteiger partial charge in [0.15, 0.2) is 0 Å². The van der Waals surface area contributed by atoms with Crippen LogP contribution in [0.3, 0.4) is 0 Å². The smallest absolute Gasteiger partial charge is 0.308 e. The van der Waals surface area contributed by atoms with E-state index in [0.717, 1.165) is 4.88 Å². The molecule has 2 rings (SSSR count). The first-order valence-corrected chi connectivity index (χ1v) is 10.2. The van der Waals surface area contributed by atoms with Crippen LogP contribution in [0.2, 0.25) is 0 Å². The van der Waals surface area contributed by atoms with E-state index in [2.05, 4.69) is 10.0 Å². The van der Waals surface area contributed by atoms with Crippen molar-refractivity contribution >= 4 is 33.2 Å². The van der Waals surface area contributed by atoms with Gasteiger partial charge in [-0.15, -0.1) is 11.3 Å². The van der Waals surface area contributed by atoms with Crippen molar-refractivity contribution in [1.29, 1.82) is 0 Å². The highest BCUT2D eigenvalue weighted by Crippen LogP contribution is 2.14. The molecule has 7 nitrogen and oxygen atoms in total. The molecule has 0 bridgehead atoms. The van der Waals surface area contributed by atoms with E-state index in [0.29, 0.717) is 0 Å². The van der Waals surface area contributed by atoms with Gasteiger partial charge in [0.2, 0.25) is 10.0 Å². The second kappa shape index (κ2) is 8.43. The molecule has 2 unspecified atom stereocenters. The van der Waals surface area contributed by atoms with Gasteiger partial charge in [-0.2, -0.15) is 0 Å². The molecule has 0 radical (unpaired) electrons. The number of sulfonamides is 1. The number of carbonyl (C=O) groups excluding carboxylic acids is 1. The Bertz CT molecular complexity index is 878. The first-order valence-electron chi connectivity index (χ1n) is 7.86. The highest BCUT2D eigenvalue weighted by molar-refractivity contribution is 7.89. The van der Waals surface area contributed by atoms with Crippen LogP contribution in [0.15, 0.2) is 46.7 Å². The molecule has 0 aliphatic rings. The van der Waals surface area contributed by atoms with Crippen molar-refractivity contribution in [3.8, 4) is 0 Å². The number of thiophene rings is 1. The molecule has 0 aliphatic carbocycles. The van der Waals surface area contributed by atoms with Gasteiger partial charge < -0.3 is 10.4 Å². The highest BCUT2D eigenvalue weighted by Gasteiger charge is 2.22. The summed E-state index contributed by atoms with van der Waals surface area (Å²) in [6, 6.07) is 8.67. The zero-order chi connectivity index (χ0) is 19.3. The summed E-state index contributed by atoms with van der Waals surface area (Å²) in [6.45, 7) is 3.24. The molecule has 140 valence electrons. The van der Waals surface area contributed by atoms with Crippen LogP contribution < -0.4 is 10.0 Å². The standard InChI is InChI=1S/C17H20N2O5S2/c1-11(17(21)22)12(2)19-16(20)13-5-3-7-15(9-13)26(23,24)18-10-14-6-4-8-25-14/h3-9,11-12,18H,10H2,1-2H3,(H,19,20)(H,21,22). The van der Waals surface area contributed by atoms with Crippen LogP contribution in [0.25, 0.3) is 0 Å². The molecule has 26 heavy (non-hydrogen) atoms. The number of hydrogen-bond donors (Lipinski definition) is 3. The fraction of sp³-hybridized carbons (Fsp3) is 0.294. The Hall–Kier alpha value is -2.23. The average molecular weight is 396 g/mol. The maximum atomic E-state index is 12.4. The van der Waals surface area contributed by atoms with Crippen LogP contribution in [0.5, 0.6) is 0 Å². The topological polar surface area (TPSA) is 113 Å². The molecule has 0 fully saturated rings. The molecule has 0 spiro atoms. The van der Waals surface area contributed by atoms with Gasteiger partial charge in [0.05, 0.1) is 10.8 Å². The van der Waals surface area contributed by atoms with Gasteiger partial charge in [0.1, 0.15) is 0 Å². The molecule has 1 aromatic heterocycles. The maximum Gasteiger partial charge on any atom is 0.308 e. The number of rotatable bonds is 8. The summed E-state index contributed by atoms with van der Waals surface area (Å²) in [7, 11) is -3.77. The molecular formula is C17H20N2O5S2. The van der Waals surface area contributed by atoms with E-state index < -0.39 is 33.9 Å². The van der Waals surface area contributed by atoms with Crippen molar-refractivity contribution < 1.29 is 23.1 Å². The number of nitrogens with one attached hydrogen (secondary N) is 2. The lowest BCUT2D eigenvalue weighted by Crippen LogP contribution is -2.40. The molecule has 0 saturated heterocycles. The normalized spacial score (nSPS) is 13.8. The molecular weight excluding hydrogens is 376 g/mol. The van der Waals surface area contributed by atoms with Crippen LogP contribution in [0, 0.1) is 5.92 Å². The van der Waals surface area contributed by atoms with E-state index in [4.69, 9.17) is 5.11 Å². The maximum absolute atomic E-state index is 12.4. The fourth-order valence-corrected chi connectivity index (χ4v) is 3.88. The van der Waals surface area contributed by atoms with Gasteiger partial charge in [0.25, 0.3) is 5.91 Å². The molecule has 2 atom stereocenters. The first-order chi connectivity index (χ1) is 12.2. The van der Waals surface area contributed by atoms with Crippen LogP contribution in [0.1, 0.15) is 29.1 Å². The summed E-state index contributed by atoms with van der Waals surface area (Å²) in [5.74, 6) is -2.31.